The van der Waals surface area contributed by atoms with Gasteiger partial charge in [-0.3, -0.25) is 34.2 Å². The van der Waals surface area contributed by atoms with Gasteiger partial charge in [-0.1, -0.05) is 56.7 Å². The van der Waals surface area contributed by atoms with E-state index in [1.165, 1.54) is 31.2 Å². The second-order valence-corrected chi connectivity index (χ2v) is 9.98. The standard InChI is InChI=1S/C29H30N4O7/c1-3-6-21(26(34)31-15-17-9-11-20(12-10-17)33(39)40)24(29(37)38)16(2)25(30)32-27(35)22-13-18-7-4-5-8-19(18)14-23(22)28(32)36/h4-5,7-14,16,21,24-25H,3,6,15,30H2,1-2H3,(H,31,34)(H,37,38)/t16?,21-,24+,25?/m0/s1. The number of benzene rings is 3. The number of imide groups is 1. The van der Waals surface area contributed by atoms with Crippen LogP contribution in [0.15, 0.2) is 60.7 Å². The summed E-state index contributed by atoms with van der Waals surface area (Å²) in [5.74, 6) is -6.27. The smallest absolute Gasteiger partial charge is 0.307 e. The molecule has 3 aromatic carbocycles. The highest BCUT2D eigenvalue weighted by atomic mass is 16.6. The zero-order valence-corrected chi connectivity index (χ0v) is 22.1. The summed E-state index contributed by atoms with van der Waals surface area (Å²) in [7, 11) is 0. The lowest BCUT2D eigenvalue weighted by Gasteiger charge is -2.34. The minimum Gasteiger partial charge on any atom is -0.481 e. The molecule has 0 saturated heterocycles. The number of nitrogens with one attached hydrogen (secondary N) is 1. The number of carbonyl (C=O) groups excluding carboxylic acids is 3. The van der Waals surface area contributed by atoms with E-state index in [9.17, 15) is 34.4 Å². The topological polar surface area (TPSA) is 173 Å². The fourth-order valence-corrected chi connectivity index (χ4v) is 5.27. The molecule has 4 atom stereocenters. The van der Waals surface area contributed by atoms with Crippen LogP contribution >= 0.6 is 0 Å². The number of nitro groups is 1. The summed E-state index contributed by atoms with van der Waals surface area (Å²) in [6.07, 6.45) is -0.562. The first-order valence-electron chi connectivity index (χ1n) is 12.9. The number of fused-ring (bicyclic) bond motifs is 2. The lowest BCUT2D eigenvalue weighted by atomic mass is 9.77. The minimum atomic E-state index is -1.30. The number of non-ortho nitro benzene ring substituents is 1. The maximum absolute atomic E-state index is 13.3. The van der Waals surface area contributed by atoms with Gasteiger partial charge in [-0.05, 0) is 34.9 Å². The van der Waals surface area contributed by atoms with Crippen molar-refractivity contribution in [1.82, 2.24) is 10.2 Å². The molecule has 11 heteroatoms. The quantitative estimate of drug-likeness (QED) is 0.185. The Hall–Kier alpha value is -4.64. The molecule has 1 aliphatic heterocycles. The van der Waals surface area contributed by atoms with Gasteiger partial charge in [-0.2, -0.15) is 0 Å². The van der Waals surface area contributed by atoms with Crippen molar-refractivity contribution in [2.24, 2.45) is 23.5 Å². The number of nitrogens with zero attached hydrogens (tertiary/aromatic N) is 2. The molecule has 0 radical (unpaired) electrons. The Bertz CT molecular complexity index is 1430. The third-order valence-corrected chi connectivity index (χ3v) is 7.46. The van der Waals surface area contributed by atoms with Crippen molar-refractivity contribution in [3.63, 3.8) is 0 Å². The van der Waals surface area contributed by atoms with Crippen LogP contribution in [0.4, 0.5) is 5.69 Å². The Balaban J connectivity index is 1.55. The highest BCUT2D eigenvalue weighted by Crippen LogP contribution is 2.34. The highest BCUT2D eigenvalue weighted by molar-refractivity contribution is 6.23. The van der Waals surface area contributed by atoms with Crippen LogP contribution in [0.2, 0.25) is 0 Å². The van der Waals surface area contributed by atoms with Crippen molar-refractivity contribution < 1.29 is 29.2 Å². The Morgan fingerprint density at radius 1 is 1.02 bits per heavy atom. The van der Waals surface area contributed by atoms with Gasteiger partial charge >= 0.3 is 5.97 Å². The van der Waals surface area contributed by atoms with Gasteiger partial charge in [-0.15, -0.1) is 0 Å². The summed E-state index contributed by atoms with van der Waals surface area (Å²) >= 11 is 0. The Morgan fingerprint density at radius 2 is 1.57 bits per heavy atom. The number of nitro benzene ring substituents is 1. The van der Waals surface area contributed by atoms with Gasteiger partial charge in [0.15, 0.2) is 0 Å². The van der Waals surface area contributed by atoms with Crippen molar-refractivity contribution in [2.45, 2.75) is 39.4 Å². The predicted octanol–water partition coefficient (Wildman–Crippen LogP) is 3.70. The molecule has 208 valence electrons. The normalized spacial score (nSPS) is 15.8. The summed E-state index contributed by atoms with van der Waals surface area (Å²) in [6.45, 7) is 3.38. The van der Waals surface area contributed by atoms with Crippen LogP contribution in [0.1, 0.15) is 53.0 Å². The molecule has 1 heterocycles. The average Bonchev–Trinajstić information content (AvgIpc) is 3.18. The molecule has 0 fully saturated rings. The third kappa shape index (κ3) is 5.41. The van der Waals surface area contributed by atoms with E-state index < -0.39 is 52.5 Å². The third-order valence-electron chi connectivity index (χ3n) is 7.46. The van der Waals surface area contributed by atoms with Crippen LogP contribution in [0, 0.1) is 27.9 Å². The van der Waals surface area contributed by atoms with E-state index in [2.05, 4.69) is 5.32 Å². The molecule has 2 unspecified atom stereocenters. The molecule has 3 aromatic rings. The Kier molecular flexibility index (Phi) is 8.24. The second-order valence-electron chi connectivity index (χ2n) is 9.98. The number of amides is 3. The molecule has 40 heavy (non-hydrogen) atoms. The van der Waals surface area contributed by atoms with Crippen LogP contribution in [0.25, 0.3) is 10.8 Å². The van der Waals surface area contributed by atoms with Crippen molar-refractivity contribution in [2.75, 3.05) is 0 Å². The second kappa shape index (κ2) is 11.6. The Morgan fingerprint density at radius 3 is 2.05 bits per heavy atom. The van der Waals surface area contributed by atoms with Crippen LogP contribution in [-0.4, -0.2) is 44.8 Å². The van der Waals surface area contributed by atoms with Crippen LogP contribution in [-0.2, 0) is 16.1 Å². The largest absolute Gasteiger partial charge is 0.481 e. The molecule has 0 aromatic heterocycles. The lowest BCUT2D eigenvalue weighted by molar-refractivity contribution is -0.384. The van der Waals surface area contributed by atoms with E-state index in [0.29, 0.717) is 12.0 Å². The summed E-state index contributed by atoms with van der Waals surface area (Å²) in [5, 5.41) is 25.4. The molecular weight excluding hydrogens is 516 g/mol. The van der Waals surface area contributed by atoms with Crippen LogP contribution in [0.5, 0.6) is 0 Å². The van der Waals surface area contributed by atoms with E-state index in [-0.39, 0.29) is 29.8 Å². The van der Waals surface area contributed by atoms with E-state index in [1.807, 2.05) is 31.2 Å². The van der Waals surface area contributed by atoms with Crippen molar-refractivity contribution in [1.29, 1.82) is 0 Å². The maximum atomic E-state index is 13.3. The Labute approximate surface area is 230 Å². The SMILES string of the molecule is CCC[C@H](C(=O)NCc1ccc([N+](=O)[O-])cc1)[C@H](C(=O)O)C(C)C(N)N1C(=O)c2cc3ccccc3cc2C1=O. The number of nitrogens with two attached hydrogens (primary N) is 1. The van der Waals surface area contributed by atoms with Crippen LogP contribution < -0.4 is 11.1 Å². The van der Waals surface area contributed by atoms with E-state index >= 15 is 0 Å². The summed E-state index contributed by atoms with van der Waals surface area (Å²) in [4.78, 5) is 63.6. The number of hydrogen-bond acceptors (Lipinski definition) is 7. The van der Waals surface area contributed by atoms with Gasteiger partial charge in [-0.25, -0.2) is 0 Å². The van der Waals surface area contributed by atoms with Gasteiger partial charge in [0.1, 0.15) is 0 Å². The molecule has 0 spiro atoms. The van der Waals surface area contributed by atoms with Gasteiger partial charge in [0.25, 0.3) is 17.5 Å². The molecule has 1 aliphatic rings. The number of carboxylic acid groups (broad SMARTS) is 1. The van der Waals surface area contributed by atoms with E-state index in [4.69, 9.17) is 5.73 Å². The molecule has 0 bridgehead atoms. The van der Waals surface area contributed by atoms with Gasteiger partial charge in [0.05, 0.1) is 34.1 Å². The number of carboxylic acids is 1. The van der Waals surface area contributed by atoms with Crippen molar-refractivity contribution in [3.05, 3.63) is 87.5 Å². The van der Waals surface area contributed by atoms with Crippen molar-refractivity contribution >= 4 is 40.2 Å². The van der Waals surface area contributed by atoms with E-state index in [1.54, 1.807) is 12.1 Å². The summed E-state index contributed by atoms with van der Waals surface area (Å²) in [6, 6.07) is 16.2. The lowest BCUT2D eigenvalue weighted by Crippen LogP contribution is -2.54. The van der Waals surface area contributed by atoms with Crippen LogP contribution in [0.3, 0.4) is 0 Å². The molecule has 4 rings (SSSR count). The molecule has 0 aliphatic carbocycles. The molecule has 3 amide bonds. The minimum absolute atomic E-state index is 0.0375. The fraction of sp³-hybridized carbons (Fsp3) is 0.310. The van der Waals surface area contributed by atoms with Gasteiger partial charge in [0.2, 0.25) is 5.91 Å². The number of rotatable bonds is 11. The van der Waals surface area contributed by atoms with Crippen molar-refractivity contribution in [3.8, 4) is 0 Å². The number of carbonyl (C=O) groups is 4. The molecule has 0 saturated carbocycles. The first kappa shape index (κ1) is 28.4. The molecular formula is C29H30N4O7. The molecule has 11 nitrogen and oxygen atoms in total. The molecule has 4 N–H and O–H groups in total. The summed E-state index contributed by atoms with van der Waals surface area (Å²) in [5.41, 5.74) is 7.33. The number of hydrogen-bond donors (Lipinski definition) is 3. The zero-order chi connectivity index (χ0) is 29.1. The average molecular weight is 547 g/mol. The highest BCUT2D eigenvalue weighted by Gasteiger charge is 2.46. The number of aliphatic carboxylic acids is 1. The maximum Gasteiger partial charge on any atom is 0.307 e. The van der Waals surface area contributed by atoms with Gasteiger partial charge in [0, 0.05) is 24.6 Å². The monoisotopic (exact) mass is 546 g/mol. The zero-order valence-electron chi connectivity index (χ0n) is 22.1. The first-order chi connectivity index (χ1) is 19.0. The first-order valence-corrected chi connectivity index (χ1v) is 12.9. The fourth-order valence-electron chi connectivity index (χ4n) is 5.27. The predicted molar refractivity (Wildman–Crippen MR) is 146 cm³/mol. The van der Waals surface area contributed by atoms with E-state index in [0.717, 1.165) is 15.7 Å². The summed E-state index contributed by atoms with van der Waals surface area (Å²) < 4.78 is 0. The van der Waals surface area contributed by atoms with Gasteiger partial charge < -0.3 is 16.2 Å².